The lowest BCUT2D eigenvalue weighted by Crippen LogP contribution is -2.43. The fourth-order valence-corrected chi connectivity index (χ4v) is 4.00. The highest BCUT2D eigenvalue weighted by atomic mass is 16.5. The van der Waals surface area contributed by atoms with Crippen LogP contribution >= 0.6 is 0 Å². The predicted octanol–water partition coefficient (Wildman–Crippen LogP) is 3.50. The second kappa shape index (κ2) is 10.6. The van der Waals surface area contributed by atoms with E-state index < -0.39 is 0 Å². The molecule has 4 rings (SSSR count). The predicted molar refractivity (Wildman–Crippen MR) is 130 cm³/mol. The lowest BCUT2D eigenvalue weighted by atomic mass is 10.1. The van der Waals surface area contributed by atoms with Crippen LogP contribution < -0.4 is 15.5 Å². The minimum atomic E-state index is -0.216. The van der Waals surface area contributed by atoms with Gasteiger partial charge in [-0.05, 0) is 39.0 Å². The normalized spacial score (nSPS) is 16.2. The van der Waals surface area contributed by atoms with Gasteiger partial charge in [-0.25, -0.2) is 14.8 Å². The number of carbonyl (C=O) groups excluding carboxylic acids is 1. The number of nitrogens with zero attached hydrogens (tertiary/aromatic N) is 4. The van der Waals surface area contributed by atoms with E-state index in [2.05, 4.69) is 28.5 Å². The number of hydrogen-bond donors (Lipinski definition) is 2. The van der Waals surface area contributed by atoms with Gasteiger partial charge >= 0.3 is 6.03 Å². The van der Waals surface area contributed by atoms with Gasteiger partial charge in [-0.2, -0.15) is 0 Å². The van der Waals surface area contributed by atoms with E-state index >= 15 is 0 Å². The maximum atomic E-state index is 11.8. The number of nitrogens with one attached hydrogen (secondary N) is 2. The highest BCUT2D eigenvalue weighted by Gasteiger charge is 2.24. The third-order valence-electron chi connectivity index (χ3n) is 5.69. The summed E-state index contributed by atoms with van der Waals surface area (Å²) in [4.78, 5) is 23.8. The molecule has 2 N–H and O–H groups in total. The van der Waals surface area contributed by atoms with Gasteiger partial charge in [0.2, 0.25) is 0 Å². The van der Waals surface area contributed by atoms with Crippen LogP contribution in [0.1, 0.15) is 20.8 Å². The average Bonchev–Trinajstić information content (AvgIpc) is 3.23. The quantitative estimate of drug-likeness (QED) is 0.508. The SMILES string of the molecule is CCNC(=O)Nc1ccc(-c2cc(N3CCOC[C@@H]3C)c3ncn(CCOCC)c3n2)cc1. The first-order valence-corrected chi connectivity index (χ1v) is 11.5. The fraction of sp³-hybridized carbons (Fsp3) is 0.458. The number of rotatable bonds is 8. The average molecular weight is 453 g/mol. The van der Waals surface area contributed by atoms with Crippen molar-refractivity contribution in [3.63, 3.8) is 0 Å². The van der Waals surface area contributed by atoms with E-state index in [1.165, 1.54) is 0 Å². The molecule has 33 heavy (non-hydrogen) atoms. The number of carbonyl (C=O) groups is 1. The number of fused-ring (bicyclic) bond motifs is 1. The molecule has 1 atom stereocenters. The number of morpholine rings is 1. The van der Waals surface area contributed by atoms with Crippen molar-refractivity contribution in [3.8, 4) is 11.3 Å². The smallest absolute Gasteiger partial charge is 0.319 e. The zero-order valence-electron chi connectivity index (χ0n) is 19.5. The molecule has 3 heterocycles. The van der Waals surface area contributed by atoms with Crippen molar-refractivity contribution in [2.75, 3.05) is 49.7 Å². The second-order valence-electron chi connectivity index (χ2n) is 8.01. The maximum absolute atomic E-state index is 11.8. The number of imidazole rings is 1. The lowest BCUT2D eigenvalue weighted by molar-refractivity contribution is 0.0991. The molecule has 9 heteroatoms. The van der Waals surface area contributed by atoms with E-state index in [1.807, 2.05) is 49.0 Å². The van der Waals surface area contributed by atoms with Crippen LogP contribution in [0.3, 0.4) is 0 Å². The molecule has 0 unspecified atom stereocenters. The Morgan fingerprint density at radius 3 is 2.82 bits per heavy atom. The Morgan fingerprint density at radius 2 is 2.09 bits per heavy atom. The summed E-state index contributed by atoms with van der Waals surface area (Å²) >= 11 is 0. The van der Waals surface area contributed by atoms with Crippen LogP contribution in [0, 0.1) is 0 Å². The summed E-state index contributed by atoms with van der Waals surface area (Å²) in [6, 6.07) is 9.86. The van der Waals surface area contributed by atoms with Gasteiger partial charge in [0.05, 0.1) is 37.5 Å². The molecule has 1 aliphatic heterocycles. The van der Waals surface area contributed by atoms with Gasteiger partial charge in [0, 0.05) is 43.5 Å². The summed E-state index contributed by atoms with van der Waals surface area (Å²) in [5, 5.41) is 5.57. The summed E-state index contributed by atoms with van der Waals surface area (Å²) in [5.74, 6) is 0. The van der Waals surface area contributed by atoms with Crippen LogP contribution in [0.2, 0.25) is 0 Å². The first kappa shape index (κ1) is 23.0. The molecule has 2 amide bonds. The number of urea groups is 1. The van der Waals surface area contributed by atoms with Gasteiger partial charge in [-0.1, -0.05) is 12.1 Å². The number of pyridine rings is 1. The molecule has 1 aromatic carbocycles. The van der Waals surface area contributed by atoms with Crippen molar-refractivity contribution in [2.45, 2.75) is 33.4 Å². The number of benzene rings is 1. The molecule has 2 aromatic heterocycles. The summed E-state index contributed by atoms with van der Waals surface area (Å²) in [5.41, 5.74) is 5.35. The van der Waals surface area contributed by atoms with Crippen molar-refractivity contribution >= 4 is 28.6 Å². The zero-order chi connectivity index (χ0) is 23.2. The van der Waals surface area contributed by atoms with Crippen LogP contribution in [-0.2, 0) is 16.0 Å². The second-order valence-corrected chi connectivity index (χ2v) is 8.01. The monoisotopic (exact) mass is 452 g/mol. The van der Waals surface area contributed by atoms with Crippen molar-refractivity contribution in [2.24, 2.45) is 0 Å². The third kappa shape index (κ3) is 5.26. The molecule has 1 saturated heterocycles. The molecule has 0 radical (unpaired) electrons. The van der Waals surface area contributed by atoms with Gasteiger partial charge in [-0.3, -0.25) is 0 Å². The number of ether oxygens (including phenoxy) is 2. The summed E-state index contributed by atoms with van der Waals surface area (Å²) < 4.78 is 13.3. The summed E-state index contributed by atoms with van der Waals surface area (Å²) in [6.07, 6.45) is 1.84. The highest BCUT2D eigenvalue weighted by Crippen LogP contribution is 2.32. The first-order valence-electron chi connectivity index (χ1n) is 11.5. The Kier molecular flexibility index (Phi) is 7.41. The first-order chi connectivity index (χ1) is 16.1. The Labute approximate surface area is 194 Å². The fourth-order valence-electron chi connectivity index (χ4n) is 4.00. The van der Waals surface area contributed by atoms with E-state index in [0.717, 1.165) is 40.3 Å². The number of anilines is 2. The van der Waals surface area contributed by atoms with Gasteiger partial charge in [0.25, 0.3) is 0 Å². The molecule has 0 bridgehead atoms. The van der Waals surface area contributed by atoms with Gasteiger partial charge in [0.15, 0.2) is 5.65 Å². The minimum absolute atomic E-state index is 0.216. The van der Waals surface area contributed by atoms with Crippen LogP contribution in [0.15, 0.2) is 36.7 Å². The molecular formula is C24H32N6O3. The van der Waals surface area contributed by atoms with Gasteiger partial charge in [-0.15, -0.1) is 0 Å². The van der Waals surface area contributed by atoms with Crippen molar-refractivity contribution < 1.29 is 14.3 Å². The number of amides is 2. The molecule has 1 aliphatic rings. The van der Waals surface area contributed by atoms with Gasteiger partial charge in [0.1, 0.15) is 5.52 Å². The Balaban J connectivity index is 1.71. The molecular weight excluding hydrogens is 420 g/mol. The van der Waals surface area contributed by atoms with E-state index in [-0.39, 0.29) is 12.1 Å². The Bertz CT molecular complexity index is 1080. The molecule has 176 valence electrons. The molecule has 9 nitrogen and oxygen atoms in total. The maximum Gasteiger partial charge on any atom is 0.319 e. The Hall–Kier alpha value is -3.17. The molecule has 3 aromatic rings. The van der Waals surface area contributed by atoms with Crippen molar-refractivity contribution in [1.82, 2.24) is 19.9 Å². The van der Waals surface area contributed by atoms with Crippen molar-refractivity contribution in [3.05, 3.63) is 36.7 Å². The van der Waals surface area contributed by atoms with Crippen LogP contribution in [-0.4, -0.2) is 66.1 Å². The molecule has 0 aliphatic carbocycles. The van der Waals surface area contributed by atoms with E-state index in [4.69, 9.17) is 19.4 Å². The van der Waals surface area contributed by atoms with Crippen molar-refractivity contribution in [1.29, 1.82) is 0 Å². The van der Waals surface area contributed by atoms with E-state index in [0.29, 0.717) is 39.5 Å². The zero-order valence-corrected chi connectivity index (χ0v) is 19.5. The minimum Gasteiger partial charge on any atom is -0.380 e. The summed E-state index contributed by atoms with van der Waals surface area (Å²) in [7, 11) is 0. The summed E-state index contributed by atoms with van der Waals surface area (Å²) in [6.45, 7) is 10.8. The van der Waals surface area contributed by atoms with E-state index in [1.54, 1.807) is 0 Å². The number of hydrogen-bond acceptors (Lipinski definition) is 6. The Morgan fingerprint density at radius 1 is 1.27 bits per heavy atom. The molecule has 0 spiro atoms. The van der Waals surface area contributed by atoms with Crippen LogP contribution in [0.25, 0.3) is 22.4 Å². The van der Waals surface area contributed by atoms with Crippen LogP contribution in [0.5, 0.6) is 0 Å². The largest absolute Gasteiger partial charge is 0.380 e. The standard InChI is InChI=1S/C24H32N6O3/c1-4-25-24(31)27-19-8-6-18(7-9-19)20-14-21(30-11-13-33-15-17(30)3)22-23(28-20)29(16-26-22)10-12-32-5-2/h6-9,14,16-17H,4-5,10-13,15H2,1-3H3,(H2,25,27,31)/t17-/m0/s1. The third-order valence-corrected chi connectivity index (χ3v) is 5.69. The van der Waals surface area contributed by atoms with Crippen LogP contribution in [0.4, 0.5) is 16.2 Å². The molecule has 1 fully saturated rings. The van der Waals surface area contributed by atoms with Gasteiger partial charge < -0.3 is 29.6 Å². The topological polar surface area (TPSA) is 93.5 Å². The number of aromatic nitrogens is 3. The highest BCUT2D eigenvalue weighted by molar-refractivity contribution is 5.91. The molecule has 0 saturated carbocycles. The lowest BCUT2D eigenvalue weighted by Gasteiger charge is -2.35. The van der Waals surface area contributed by atoms with E-state index in [9.17, 15) is 4.79 Å².